The van der Waals surface area contributed by atoms with Gasteiger partial charge in [0.15, 0.2) is 5.13 Å². The lowest BCUT2D eigenvalue weighted by Crippen LogP contribution is -2.46. The molecule has 1 N–H and O–H groups in total. The second-order valence-electron chi connectivity index (χ2n) is 4.35. The van der Waals surface area contributed by atoms with Crippen LogP contribution in [0.4, 0.5) is 5.13 Å². The minimum atomic E-state index is 0.293. The van der Waals surface area contributed by atoms with Crippen molar-refractivity contribution in [2.24, 2.45) is 0 Å². The third-order valence-electron chi connectivity index (χ3n) is 3.23. The first-order chi connectivity index (χ1) is 9.26. The molecule has 0 saturated carbocycles. The lowest BCUT2D eigenvalue weighted by atomic mass is 10.3. The van der Waals surface area contributed by atoms with Crippen LogP contribution in [0.25, 0.3) is 10.8 Å². The largest absolute Gasteiger partial charge is 0.408 e. The number of likely N-dealkylation sites (N-methyl/N-ethyl adjacent to an activating group) is 1. The van der Waals surface area contributed by atoms with Crippen LogP contribution in [0.5, 0.6) is 0 Å². The van der Waals surface area contributed by atoms with E-state index >= 15 is 0 Å². The van der Waals surface area contributed by atoms with Crippen molar-refractivity contribution in [3.63, 3.8) is 0 Å². The Morgan fingerprint density at radius 2 is 2.21 bits per heavy atom. The summed E-state index contributed by atoms with van der Waals surface area (Å²) in [7, 11) is 0. The van der Waals surface area contributed by atoms with Crippen LogP contribution in [-0.2, 0) is 0 Å². The van der Waals surface area contributed by atoms with Crippen LogP contribution < -0.4 is 4.90 Å². The van der Waals surface area contributed by atoms with Crippen molar-refractivity contribution in [2.45, 2.75) is 6.92 Å². The molecule has 0 amide bonds. The van der Waals surface area contributed by atoms with Gasteiger partial charge in [0.25, 0.3) is 10.7 Å². The molecule has 8 heteroatoms. The zero-order chi connectivity index (χ0) is 13.2. The fourth-order valence-electron chi connectivity index (χ4n) is 2.10. The Kier molecular flexibility index (Phi) is 3.63. The maximum absolute atomic E-state index is 5.30. The van der Waals surface area contributed by atoms with E-state index in [1.807, 2.05) is 0 Å². The Labute approximate surface area is 120 Å². The molecule has 2 aromatic heterocycles. The Morgan fingerprint density at radius 3 is 2.84 bits per heavy atom. The van der Waals surface area contributed by atoms with E-state index in [-0.39, 0.29) is 0 Å². The summed E-state index contributed by atoms with van der Waals surface area (Å²) in [6, 6.07) is 0. The van der Waals surface area contributed by atoms with E-state index in [2.05, 4.69) is 31.9 Å². The Hall–Kier alpha value is -1.25. The number of aromatic amines is 1. The minimum absolute atomic E-state index is 0.293. The van der Waals surface area contributed by atoms with Crippen molar-refractivity contribution in [1.29, 1.82) is 0 Å². The minimum Gasteiger partial charge on any atom is -0.408 e. The smallest absolute Gasteiger partial charge is 0.284 e. The predicted octanol–water partition coefficient (Wildman–Crippen LogP) is 2.00. The molecule has 3 rings (SSSR count). The number of rotatable bonds is 3. The summed E-state index contributed by atoms with van der Waals surface area (Å²) in [4.78, 5) is 10.4. The molecule has 1 fully saturated rings. The molecular weight excluding hydrogens is 282 g/mol. The molecule has 102 valence electrons. The van der Waals surface area contributed by atoms with E-state index in [4.69, 9.17) is 16.6 Å². The number of nitrogens with zero attached hydrogens (tertiary/aromatic N) is 4. The van der Waals surface area contributed by atoms with Gasteiger partial charge < -0.3 is 14.2 Å². The van der Waals surface area contributed by atoms with Gasteiger partial charge in [-0.05, 0) is 18.8 Å². The molecule has 0 spiro atoms. The van der Waals surface area contributed by atoms with E-state index in [0.717, 1.165) is 42.7 Å². The normalized spacial score (nSPS) is 17.0. The van der Waals surface area contributed by atoms with Crippen molar-refractivity contribution < 1.29 is 4.42 Å². The molecule has 3 heterocycles. The second-order valence-corrected chi connectivity index (χ2v) is 5.73. The Balaban J connectivity index is 1.73. The number of H-pyrrole nitrogens is 1. The molecule has 6 nitrogen and oxygen atoms in total. The topological polar surface area (TPSA) is 61.2 Å². The summed E-state index contributed by atoms with van der Waals surface area (Å²) < 4.78 is 5.30. The third-order valence-corrected chi connectivity index (χ3v) is 4.45. The first-order valence-corrected chi connectivity index (χ1v) is 7.47. The Bertz CT molecular complexity index is 596. The number of hydrogen-bond donors (Lipinski definition) is 1. The first kappa shape index (κ1) is 12.8. The highest BCUT2D eigenvalue weighted by Gasteiger charge is 2.19. The van der Waals surface area contributed by atoms with Crippen LogP contribution in [0.15, 0.2) is 10.6 Å². The van der Waals surface area contributed by atoms with Gasteiger partial charge in [0, 0.05) is 26.2 Å². The second kappa shape index (κ2) is 5.40. The third kappa shape index (κ3) is 2.70. The standard InChI is InChI=1S/C11H15N5OS2/c1-2-15-3-5-16(6-4-15)10-12-7-8(19-10)9-13-14-11(18)17-9/h7H,2-6H2,1H3,(H,14,18). The maximum Gasteiger partial charge on any atom is 0.284 e. The van der Waals surface area contributed by atoms with Crippen LogP contribution in [0.2, 0.25) is 0 Å². The highest BCUT2D eigenvalue weighted by molar-refractivity contribution is 7.71. The first-order valence-electron chi connectivity index (χ1n) is 6.25. The zero-order valence-electron chi connectivity index (χ0n) is 10.6. The van der Waals surface area contributed by atoms with Crippen molar-refractivity contribution in [2.75, 3.05) is 37.6 Å². The van der Waals surface area contributed by atoms with Crippen molar-refractivity contribution in [1.82, 2.24) is 20.1 Å². The fourth-order valence-corrected chi connectivity index (χ4v) is 3.12. The van der Waals surface area contributed by atoms with E-state index in [1.54, 1.807) is 17.5 Å². The van der Waals surface area contributed by atoms with E-state index in [0.29, 0.717) is 10.7 Å². The molecule has 1 aliphatic heterocycles. The lowest BCUT2D eigenvalue weighted by Gasteiger charge is -2.33. The van der Waals surface area contributed by atoms with E-state index in [9.17, 15) is 0 Å². The SMILES string of the molecule is CCN1CCN(c2ncc(-c3n[nH]c(=S)o3)s2)CC1. The number of piperazine rings is 1. The van der Waals surface area contributed by atoms with Crippen molar-refractivity contribution >= 4 is 28.7 Å². The summed E-state index contributed by atoms with van der Waals surface area (Å²) >= 11 is 6.46. The van der Waals surface area contributed by atoms with Crippen LogP contribution in [-0.4, -0.2) is 52.8 Å². The summed E-state index contributed by atoms with van der Waals surface area (Å²) in [5.41, 5.74) is 0. The molecule has 0 atom stereocenters. The van der Waals surface area contributed by atoms with E-state index < -0.39 is 0 Å². The van der Waals surface area contributed by atoms with Gasteiger partial charge in [-0.3, -0.25) is 0 Å². The lowest BCUT2D eigenvalue weighted by molar-refractivity contribution is 0.271. The van der Waals surface area contributed by atoms with Crippen LogP contribution in [0, 0.1) is 4.84 Å². The molecule has 0 bridgehead atoms. The highest BCUT2D eigenvalue weighted by atomic mass is 32.1. The number of anilines is 1. The van der Waals surface area contributed by atoms with Gasteiger partial charge in [0.05, 0.1) is 6.20 Å². The molecular formula is C11H15N5OS2. The molecule has 0 unspecified atom stereocenters. The van der Waals surface area contributed by atoms with Gasteiger partial charge in [0.1, 0.15) is 4.88 Å². The highest BCUT2D eigenvalue weighted by Crippen LogP contribution is 2.30. The van der Waals surface area contributed by atoms with Gasteiger partial charge in [0.2, 0.25) is 0 Å². The average Bonchev–Trinajstić information content (AvgIpc) is 3.07. The van der Waals surface area contributed by atoms with Gasteiger partial charge in [-0.1, -0.05) is 18.3 Å². The number of aromatic nitrogens is 3. The van der Waals surface area contributed by atoms with Crippen molar-refractivity contribution in [3.8, 4) is 10.8 Å². The van der Waals surface area contributed by atoms with Crippen LogP contribution in [0.3, 0.4) is 0 Å². The summed E-state index contributed by atoms with van der Waals surface area (Å²) in [5, 5.41) is 7.67. The molecule has 0 aliphatic carbocycles. The molecule has 1 aliphatic rings. The monoisotopic (exact) mass is 297 g/mol. The van der Waals surface area contributed by atoms with Crippen LogP contribution in [0.1, 0.15) is 6.92 Å². The van der Waals surface area contributed by atoms with E-state index in [1.165, 1.54) is 0 Å². The van der Waals surface area contributed by atoms with Gasteiger partial charge in [-0.25, -0.2) is 10.1 Å². The molecule has 0 aromatic carbocycles. The number of thiazole rings is 1. The summed E-state index contributed by atoms with van der Waals surface area (Å²) in [6.45, 7) is 7.53. The summed E-state index contributed by atoms with van der Waals surface area (Å²) in [6.07, 6.45) is 1.79. The molecule has 0 radical (unpaired) electrons. The predicted molar refractivity (Wildman–Crippen MR) is 77.1 cm³/mol. The van der Waals surface area contributed by atoms with Crippen LogP contribution >= 0.6 is 23.6 Å². The molecule has 19 heavy (non-hydrogen) atoms. The zero-order valence-corrected chi connectivity index (χ0v) is 12.3. The summed E-state index contributed by atoms with van der Waals surface area (Å²) in [5.74, 6) is 0.515. The Morgan fingerprint density at radius 1 is 1.42 bits per heavy atom. The van der Waals surface area contributed by atoms with Gasteiger partial charge in [-0.15, -0.1) is 5.10 Å². The fraction of sp³-hybridized carbons (Fsp3) is 0.545. The quantitative estimate of drug-likeness (QED) is 0.874. The van der Waals surface area contributed by atoms with Gasteiger partial charge in [-0.2, -0.15) is 0 Å². The van der Waals surface area contributed by atoms with Crippen molar-refractivity contribution in [3.05, 3.63) is 11.0 Å². The number of nitrogens with one attached hydrogen (secondary N) is 1. The van der Waals surface area contributed by atoms with Gasteiger partial charge >= 0.3 is 0 Å². The molecule has 2 aromatic rings. The average molecular weight is 297 g/mol. The molecule has 1 saturated heterocycles. The number of hydrogen-bond acceptors (Lipinski definition) is 7. The maximum atomic E-state index is 5.30.